The Morgan fingerprint density at radius 1 is 1.43 bits per heavy atom. The van der Waals surface area contributed by atoms with Crippen molar-refractivity contribution in [1.29, 1.82) is 0 Å². The summed E-state index contributed by atoms with van der Waals surface area (Å²) in [6, 6.07) is 0. The maximum Gasteiger partial charge on any atom is 0.305 e. The molecule has 1 aliphatic rings. The van der Waals surface area contributed by atoms with Gasteiger partial charge in [0.2, 0.25) is 0 Å². The fraction of sp³-hybridized carbons (Fsp3) is 0.889. The normalized spacial score (nSPS) is 31.4. The highest BCUT2D eigenvalue weighted by Gasteiger charge is 2.35. The van der Waals surface area contributed by atoms with E-state index in [2.05, 4.69) is 0 Å². The molecular weight excluding hydrogens is 188 g/mol. The number of rotatable bonds is 3. The van der Waals surface area contributed by atoms with Crippen molar-refractivity contribution in [2.24, 2.45) is 0 Å². The topological polar surface area (TPSA) is 76.0 Å². The number of aliphatic hydroxyl groups excluding tert-OH is 1. The summed E-state index contributed by atoms with van der Waals surface area (Å²) in [5.74, 6) is -1.71. The maximum absolute atomic E-state index is 10.5. The van der Waals surface area contributed by atoms with Gasteiger partial charge in [0.1, 0.15) is 0 Å². The standard InChI is InChI=1S/C9H16O5/c1-9(2)13-6(4-8(11)12)3-7(5-10)14-9/h6-7,10H,3-5H2,1-2H3,(H,11,12). The van der Waals surface area contributed by atoms with Crippen LogP contribution in [0.5, 0.6) is 0 Å². The van der Waals surface area contributed by atoms with E-state index in [1.807, 2.05) is 0 Å². The van der Waals surface area contributed by atoms with Crippen LogP contribution in [-0.2, 0) is 14.3 Å². The van der Waals surface area contributed by atoms with Crippen LogP contribution in [0.2, 0.25) is 0 Å². The molecule has 14 heavy (non-hydrogen) atoms. The second-order valence-electron chi connectivity index (χ2n) is 3.90. The monoisotopic (exact) mass is 204 g/mol. The van der Waals surface area contributed by atoms with Gasteiger partial charge in [0, 0.05) is 6.42 Å². The molecule has 2 N–H and O–H groups in total. The molecule has 5 nitrogen and oxygen atoms in total. The first-order valence-corrected chi connectivity index (χ1v) is 4.61. The molecule has 1 heterocycles. The van der Waals surface area contributed by atoms with Gasteiger partial charge in [-0.2, -0.15) is 0 Å². The molecule has 0 spiro atoms. The van der Waals surface area contributed by atoms with Crippen LogP contribution >= 0.6 is 0 Å². The van der Waals surface area contributed by atoms with Crippen molar-refractivity contribution in [3.05, 3.63) is 0 Å². The predicted molar refractivity (Wildman–Crippen MR) is 47.8 cm³/mol. The van der Waals surface area contributed by atoms with E-state index in [0.29, 0.717) is 6.42 Å². The Kier molecular flexibility index (Phi) is 3.47. The van der Waals surface area contributed by atoms with E-state index in [9.17, 15) is 4.79 Å². The van der Waals surface area contributed by atoms with Gasteiger partial charge in [0.15, 0.2) is 5.79 Å². The van der Waals surface area contributed by atoms with Gasteiger partial charge in [0.05, 0.1) is 25.2 Å². The van der Waals surface area contributed by atoms with E-state index in [4.69, 9.17) is 19.7 Å². The van der Waals surface area contributed by atoms with Crippen molar-refractivity contribution < 1.29 is 24.5 Å². The Labute approximate surface area is 82.6 Å². The van der Waals surface area contributed by atoms with E-state index < -0.39 is 11.8 Å². The van der Waals surface area contributed by atoms with Crippen LogP contribution in [0.15, 0.2) is 0 Å². The lowest BCUT2D eigenvalue weighted by atomic mass is 10.1. The van der Waals surface area contributed by atoms with E-state index in [1.165, 1.54) is 0 Å². The van der Waals surface area contributed by atoms with Gasteiger partial charge in [-0.05, 0) is 13.8 Å². The molecule has 1 rings (SSSR count). The summed E-state index contributed by atoms with van der Waals surface area (Å²) in [7, 11) is 0. The Morgan fingerprint density at radius 2 is 2.00 bits per heavy atom. The van der Waals surface area contributed by atoms with Crippen molar-refractivity contribution >= 4 is 5.97 Å². The molecule has 1 fully saturated rings. The highest BCUT2D eigenvalue weighted by molar-refractivity contribution is 5.67. The third-order valence-electron chi connectivity index (χ3n) is 2.03. The van der Waals surface area contributed by atoms with E-state index in [-0.39, 0.29) is 25.2 Å². The Hall–Kier alpha value is -0.650. The first kappa shape index (κ1) is 11.4. The number of carboxylic acids is 1. The molecule has 82 valence electrons. The fourth-order valence-corrected chi connectivity index (χ4v) is 1.65. The first-order chi connectivity index (χ1) is 6.43. The van der Waals surface area contributed by atoms with Gasteiger partial charge in [-0.3, -0.25) is 4.79 Å². The van der Waals surface area contributed by atoms with Crippen LogP contribution in [0.4, 0.5) is 0 Å². The minimum atomic E-state index is -0.899. The number of carbonyl (C=O) groups is 1. The summed E-state index contributed by atoms with van der Waals surface area (Å²) in [5, 5.41) is 17.6. The number of aliphatic hydroxyl groups is 1. The molecule has 5 heteroatoms. The molecule has 2 unspecified atom stereocenters. The molecule has 0 aromatic heterocycles. The van der Waals surface area contributed by atoms with Crippen LogP contribution in [0.1, 0.15) is 26.7 Å². The summed E-state index contributed by atoms with van der Waals surface area (Å²) in [6.45, 7) is 3.32. The molecule has 0 radical (unpaired) electrons. The second-order valence-corrected chi connectivity index (χ2v) is 3.90. The van der Waals surface area contributed by atoms with Gasteiger partial charge < -0.3 is 19.7 Å². The summed E-state index contributed by atoms with van der Waals surface area (Å²) in [4.78, 5) is 10.5. The molecular formula is C9H16O5. The summed E-state index contributed by atoms with van der Waals surface area (Å²) in [5.41, 5.74) is 0. The summed E-state index contributed by atoms with van der Waals surface area (Å²) < 4.78 is 10.8. The maximum atomic E-state index is 10.5. The van der Waals surface area contributed by atoms with Crippen LogP contribution in [0, 0.1) is 0 Å². The average molecular weight is 204 g/mol. The van der Waals surface area contributed by atoms with Gasteiger partial charge in [-0.15, -0.1) is 0 Å². The lowest BCUT2D eigenvalue weighted by Crippen LogP contribution is -2.46. The minimum Gasteiger partial charge on any atom is -0.481 e. The van der Waals surface area contributed by atoms with Crippen LogP contribution < -0.4 is 0 Å². The fourth-order valence-electron chi connectivity index (χ4n) is 1.65. The molecule has 0 saturated carbocycles. The largest absolute Gasteiger partial charge is 0.481 e. The molecule has 2 atom stereocenters. The smallest absolute Gasteiger partial charge is 0.305 e. The lowest BCUT2D eigenvalue weighted by Gasteiger charge is -2.39. The molecule has 0 bridgehead atoms. The number of carboxylic acid groups (broad SMARTS) is 1. The zero-order chi connectivity index (χ0) is 10.8. The van der Waals surface area contributed by atoms with Crippen LogP contribution in [-0.4, -0.2) is 40.8 Å². The Morgan fingerprint density at radius 3 is 2.50 bits per heavy atom. The van der Waals surface area contributed by atoms with Crippen molar-refractivity contribution in [2.75, 3.05) is 6.61 Å². The zero-order valence-corrected chi connectivity index (χ0v) is 8.40. The van der Waals surface area contributed by atoms with E-state index in [1.54, 1.807) is 13.8 Å². The number of aliphatic carboxylic acids is 1. The summed E-state index contributed by atoms with van der Waals surface area (Å²) >= 11 is 0. The van der Waals surface area contributed by atoms with Crippen LogP contribution in [0.25, 0.3) is 0 Å². The Balaban J connectivity index is 2.56. The number of hydrogen-bond acceptors (Lipinski definition) is 4. The van der Waals surface area contributed by atoms with Crippen molar-refractivity contribution in [2.45, 2.75) is 44.7 Å². The average Bonchev–Trinajstić information content (AvgIpc) is 1.99. The van der Waals surface area contributed by atoms with E-state index in [0.717, 1.165) is 0 Å². The quantitative estimate of drug-likeness (QED) is 0.694. The molecule has 0 amide bonds. The van der Waals surface area contributed by atoms with Crippen LogP contribution in [0.3, 0.4) is 0 Å². The molecule has 1 aliphatic heterocycles. The van der Waals surface area contributed by atoms with Gasteiger partial charge in [-0.1, -0.05) is 0 Å². The third-order valence-corrected chi connectivity index (χ3v) is 2.03. The van der Waals surface area contributed by atoms with Gasteiger partial charge >= 0.3 is 5.97 Å². The highest BCUT2D eigenvalue weighted by Crippen LogP contribution is 2.27. The summed E-state index contributed by atoms with van der Waals surface area (Å²) in [6.07, 6.45) is -0.341. The van der Waals surface area contributed by atoms with Gasteiger partial charge in [-0.25, -0.2) is 0 Å². The van der Waals surface area contributed by atoms with Gasteiger partial charge in [0.25, 0.3) is 0 Å². The third kappa shape index (κ3) is 3.25. The Bertz CT molecular complexity index is 213. The van der Waals surface area contributed by atoms with Crippen molar-refractivity contribution in [3.63, 3.8) is 0 Å². The molecule has 0 aromatic rings. The first-order valence-electron chi connectivity index (χ1n) is 4.61. The number of hydrogen-bond donors (Lipinski definition) is 2. The molecule has 0 aromatic carbocycles. The van der Waals surface area contributed by atoms with E-state index >= 15 is 0 Å². The number of ether oxygens (including phenoxy) is 2. The second kappa shape index (κ2) is 4.25. The van der Waals surface area contributed by atoms with Crippen molar-refractivity contribution in [3.8, 4) is 0 Å². The molecule has 1 saturated heterocycles. The SMILES string of the molecule is CC1(C)OC(CO)CC(CC(=O)O)O1. The lowest BCUT2D eigenvalue weighted by molar-refractivity contribution is -0.303. The van der Waals surface area contributed by atoms with Crippen molar-refractivity contribution in [1.82, 2.24) is 0 Å². The zero-order valence-electron chi connectivity index (χ0n) is 8.40. The molecule has 0 aliphatic carbocycles. The minimum absolute atomic E-state index is 0.0523. The predicted octanol–water partition coefficient (Wildman–Crippen LogP) is 0.364. The highest BCUT2D eigenvalue weighted by atomic mass is 16.7.